The molecule has 2 nitrogen and oxygen atoms in total. The zero-order valence-electron chi connectivity index (χ0n) is 10.3. The first kappa shape index (κ1) is 13.8. The molecule has 1 aromatic carbocycles. The third-order valence-corrected chi connectivity index (χ3v) is 4.30. The molecule has 2 unspecified atom stereocenters. The highest BCUT2D eigenvalue weighted by molar-refractivity contribution is 6.30. The highest BCUT2D eigenvalue weighted by atomic mass is 35.5. The van der Waals surface area contributed by atoms with Crippen molar-refractivity contribution in [3.8, 4) is 0 Å². The van der Waals surface area contributed by atoms with Crippen molar-refractivity contribution >= 4 is 11.6 Å². The second-order valence-corrected chi connectivity index (χ2v) is 5.68. The van der Waals surface area contributed by atoms with Gasteiger partial charge >= 0.3 is 0 Å². The van der Waals surface area contributed by atoms with E-state index >= 15 is 0 Å². The summed E-state index contributed by atoms with van der Waals surface area (Å²) in [6.45, 7) is 0.375. The SMILES string of the molecule is NCC1(Cc2cc(Cl)ccc2F)CCCCC1O. The maximum Gasteiger partial charge on any atom is 0.126 e. The monoisotopic (exact) mass is 271 g/mol. The average molecular weight is 272 g/mol. The molecule has 0 amide bonds. The van der Waals surface area contributed by atoms with Gasteiger partial charge in [0.2, 0.25) is 0 Å². The number of aliphatic hydroxyl groups excluding tert-OH is 1. The molecule has 0 bridgehead atoms. The largest absolute Gasteiger partial charge is 0.392 e. The van der Waals surface area contributed by atoms with Gasteiger partial charge in [-0.25, -0.2) is 4.39 Å². The summed E-state index contributed by atoms with van der Waals surface area (Å²) >= 11 is 5.90. The van der Waals surface area contributed by atoms with E-state index in [4.69, 9.17) is 17.3 Å². The number of halogens is 2. The minimum Gasteiger partial charge on any atom is -0.392 e. The lowest BCUT2D eigenvalue weighted by Crippen LogP contribution is -2.45. The maximum absolute atomic E-state index is 13.8. The normalized spacial score (nSPS) is 28.3. The molecule has 18 heavy (non-hydrogen) atoms. The van der Waals surface area contributed by atoms with Crippen LogP contribution in [0, 0.1) is 11.2 Å². The van der Waals surface area contributed by atoms with E-state index in [0.29, 0.717) is 23.6 Å². The number of aliphatic hydroxyl groups is 1. The third-order valence-electron chi connectivity index (χ3n) is 4.07. The Labute approximate surface area is 112 Å². The standard InChI is InChI=1S/C14H19ClFNO/c15-11-4-5-12(16)10(7-11)8-14(9-17)6-2-1-3-13(14)18/h4-5,7,13,18H,1-3,6,8-9,17H2. The van der Waals surface area contributed by atoms with Crippen LogP contribution in [0.1, 0.15) is 31.2 Å². The molecular weight excluding hydrogens is 253 g/mol. The lowest BCUT2D eigenvalue weighted by atomic mass is 9.68. The van der Waals surface area contributed by atoms with E-state index in [1.54, 1.807) is 6.07 Å². The van der Waals surface area contributed by atoms with Crippen LogP contribution in [-0.2, 0) is 6.42 Å². The Bertz CT molecular complexity index is 426. The Kier molecular flexibility index (Phi) is 4.25. The maximum atomic E-state index is 13.8. The van der Waals surface area contributed by atoms with Crippen molar-refractivity contribution in [2.75, 3.05) is 6.54 Å². The van der Waals surface area contributed by atoms with Gasteiger partial charge in [0.15, 0.2) is 0 Å². The summed E-state index contributed by atoms with van der Waals surface area (Å²) in [5.74, 6) is -0.273. The fraction of sp³-hybridized carbons (Fsp3) is 0.571. The average Bonchev–Trinajstić information content (AvgIpc) is 2.37. The Balaban J connectivity index is 2.26. The summed E-state index contributed by atoms with van der Waals surface area (Å²) in [6.07, 6.45) is 3.65. The van der Waals surface area contributed by atoms with Gasteiger partial charge in [-0.1, -0.05) is 24.4 Å². The van der Waals surface area contributed by atoms with Gasteiger partial charge in [0.25, 0.3) is 0 Å². The van der Waals surface area contributed by atoms with E-state index in [-0.39, 0.29) is 5.82 Å². The molecule has 2 atom stereocenters. The van der Waals surface area contributed by atoms with Crippen LogP contribution in [0.15, 0.2) is 18.2 Å². The summed E-state index contributed by atoms with van der Waals surface area (Å²) in [7, 11) is 0. The Hall–Kier alpha value is -0.640. The van der Waals surface area contributed by atoms with Crippen molar-refractivity contribution < 1.29 is 9.50 Å². The molecule has 1 saturated carbocycles. The van der Waals surface area contributed by atoms with Gasteiger partial charge in [0, 0.05) is 17.0 Å². The molecule has 1 aromatic rings. The van der Waals surface area contributed by atoms with Crippen molar-refractivity contribution in [1.29, 1.82) is 0 Å². The van der Waals surface area contributed by atoms with Crippen molar-refractivity contribution in [2.24, 2.45) is 11.1 Å². The number of hydrogen-bond acceptors (Lipinski definition) is 2. The molecule has 0 spiro atoms. The summed E-state index contributed by atoms with van der Waals surface area (Å²) in [5, 5.41) is 10.7. The summed E-state index contributed by atoms with van der Waals surface area (Å²) in [5.41, 5.74) is 6.00. The van der Waals surface area contributed by atoms with Gasteiger partial charge in [0.1, 0.15) is 5.82 Å². The topological polar surface area (TPSA) is 46.2 Å². The molecule has 1 aliphatic rings. The van der Waals surface area contributed by atoms with Gasteiger partial charge < -0.3 is 10.8 Å². The first-order chi connectivity index (χ1) is 8.57. The van der Waals surface area contributed by atoms with E-state index in [0.717, 1.165) is 25.7 Å². The van der Waals surface area contributed by atoms with Crippen molar-refractivity contribution in [2.45, 2.75) is 38.2 Å². The number of nitrogens with two attached hydrogens (primary N) is 1. The zero-order valence-corrected chi connectivity index (χ0v) is 11.1. The number of benzene rings is 1. The fourth-order valence-electron chi connectivity index (χ4n) is 2.86. The van der Waals surface area contributed by atoms with E-state index in [1.807, 2.05) is 0 Å². The molecule has 2 rings (SSSR count). The van der Waals surface area contributed by atoms with Gasteiger partial charge in [-0.15, -0.1) is 0 Å². The zero-order chi connectivity index (χ0) is 13.2. The van der Waals surface area contributed by atoms with Crippen molar-refractivity contribution in [1.82, 2.24) is 0 Å². The summed E-state index contributed by atoms with van der Waals surface area (Å²) < 4.78 is 13.8. The molecule has 100 valence electrons. The minimum atomic E-state index is -0.449. The van der Waals surface area contributed by atoms with Crippen LogP contribution in [0.25, 0.3) is 0 Å². The molecule has 0 saturated heterocycles. The number of rotatable bonds is 3. The van der Waals surface area contributed by atoms with Crippen LogP contribution < -0.4 is 5.73 Å². The molecule has 0 heterocycles. The van der Waals surface area contributed by atoms with Gasteiger partial charge in [0.05, 0.1) is 6.10 Å². The van der Waals surface area contributed by atoms with Gasteiger partial charge in [-0.2, -0.15) is 0 Å². The van der Waals surface area contributed by atoms with Crippen molar-refractivity contribution in [3.05, 3.63) is 34.6 Å². The van der Waals surface area contributed by atoms with Gasteiger partial charge in [-0.3, -0.25) is 0 Å². The predicted molar refractivity (Wildman–Crippen MR) is 71.1 cm³/mol. The highest BCUT2D eigenvalue weighted by Crippen LogP contribution is 2.39. The van der Waals surface area contributed by atoms with Crippen LogP contribution in [0.4, 0.5) is 4.39 Å². The van der Waals surface area contributed by atoms with E-state index < -0.39 is 11.5 Å². The fourth-order valence-corrected chi connectivity index (χ4v) is 3.06. The molecular formula is C14H19ClFNO. The van der Waals surface area contributed by atoms with Crippen LogP contribution >= 0.6 is 11.6 Å². The smallest absolute Gasteiger partial charge is 0.126 e. The molecule has 0 radical (unpaired) electrons. The quantitative estimate of drug-likeness (QED) is 0.888. The molecule has 1 fully saturated rings. The molecule has 3 N–H and O–H groups in total. The third kappa shape index (κ3) is 2.68. The highest BCUT2D eigenvalue weighted by Gasteiger charge is 2.39. The van der Waals surface area contributed by atoms with Crippen LogP contribution in [0.5, 0.6) is 0 Å². The van der Waals surface area contributed by atoms with Crippen LogP contribution in [-0.4, -0.2) is 17.8 Å². The van der Waals surface area contributed by atoms with Crippen LogP contribution in [0.2, 0.25) is 5.02 Å². The number of hydrogen-bond donors (Lipinski definition) is 2. The first-order valence-corrected chi connectivity index (χ1v) is 6.77. The van der Waals surface area contributed by atoms with E-state index in [1.165, 1.54) is 12.1 Å². The van der Waals surface area contributed by atoms with Crippen molar-refractivity contribution in [3.63, 3.8) is 0 Å². The lowest BCUT2D eigenvalue weighted by Gasteiger charge is -2.41. The predicted octanol–water partition coefficient (Wildman–Crippen LogP) is 2.90. The lowest BCUT2D eigenvalue weighted by molar-refractivity contribution is -0.00630. The van der Waals surface area contributed by atoms with Gasteiger partial charge in [-0.05, 0) is 43.0 Å². The molecule has 4 heteroatoms. The van der Waals surface area contributed by atoms with E-state index in [9.17, 15) is 9.50 Å². The Morgan fingerprint density at radius 3 is 2.89 bits per heavy atom. The Morgan fingerprint density at radius 2 is 2.22 bits per heavy atom. The Morgan fingerprint density at radius 1 is 1.44 bits per heavy atom. The molecule has 1 aliphatic carbocycles. The minimum absolute atomic E-state index is 0.273. The summed E-state index contributed by atoms with van der Waals surface area (Å²) in [6, 6.07) is 4.54. The van der Waals surface area contributed by atoms with E-state index in [2.05, 4.69) is 0 Å². The molecule has 0 aliphatic heterocycles. The van der Waals surface area contributed by atoms with Crippen LogP contribution in [0.3, 0.4) is 0 Å². The summed E-state index contributed by atoms with van der Waals surface area (Å²) in [4.78, 5) is 0. The molecule has 0 aromatic heterocycles. The second-order valence-electron chi connectivity index (χ2n) is 5.24. The second kappa shape index (κ2) is 5.55. The first-order valence-electron chi connectivity index (χ1n) is 6.39.